The van der Waals surface area contributed by atoms with Crippen LogP contribution >= 0.6 is 0 Å². The Morgan fingerprint density at radius 2 is 1.33 bits per heavy atom. The number of aliphatic hydroxyl groups excluding tert-OH is 1. The smallest absolute Gasteiger partial charge is 0.155 e. The molecule has 0 aliphatic carbocycles. The van der Waals surface area contributed by atoms with E-state index < -0.39 is 0 Å². The van der Waals surface area contributed by atoms with Crippen molar-refractivity contribution in [3.63, 3.8) is 0 Å². The summed E-state index contributed by atoms with van der Waals surface area (Å²) in [5.74, 6) is 0.340. The first-order valence-corrected chi connectivity index (χ1v) is 6.61. The maximum absolute atomic E-state index is 10.6. The van der Waals surface area contributed by atoms with E-state index in [1.807, 2.05) is 19.9 Å². The second-order valence-electron chi connectivity index (χ2n) is 3.75. The molecule has 0 aromatic carbocycles. The molecule has 0 aliphatic heterocycles. The third-order valence-electron chi connectivity index (χ3n) is 2.06. The van der Waals surface area contributed by atoms with Gasteiger partial charge in [-0.05, 0) is 25.0 Å². The van der Waals surface area contributed by atoms with Gasteiger partial charge in [-0.15, -0.1) is 0 Å². The highest BCUT2D eigenvalue weighted by Gasteiger charge is 1.87. The van der Waals surface area contributed by atoms with E-state index in [1.165, 1.54) is 6.08 Å². The molecule has 18 heavy (non-hydrogen) atoms. The van der Waals surface area contributed by atoms with Crippen LogP contribution in [0.2, 0.25) is 0 Å². The van der Waals surface area contributed by atoms with Crippen LogP contribution in [0.25, 0.3) is 0 Å². The van der Waals surface area contributed by atoms with E-state index >= 15 is 0 Å². The van der Waals surface area contributed by atoms with Crippen LogP contribution in [0.3, 0.4) is 0 Å². The predicted molar refractivity (Wildman–Crippen MR) is 75.5 cm³/mol. The lowest BCUT2D eigenvalue weighted by molar-refractivity contribution is -0.115. The first-order chi connectivity index (χ1) is 8.62. The molecule has 1 N–H and O–H groups in total. The third kappa shape index (κ3) is 17.2. The molecule has 0 aromatic heterocycles. The van der Waals surface area contributed by atoms with Gasteiger partial charge in [0.2, 0.25) is 0 Å². The minimum Gasteiger partial charge on any atom is -0.396 e. The van der Waals surface area contributed by atoms with Crippen LogP contribution in [-0.2, 0) is 9.59 Å². The average molecular weight is 254 g/mol. The van der Waals surface area contributed by atoms with Crippen LogP contribution in [0.5, 0.6) is 0 Å². The largest absolute Gasteiger partial charge is 0.396 e. The Bertz CT molecular complexity index is 237. The molecule has 0 rings (SSSR count). The van der Waals surface area contributed by atoms with Gasteiger partial charge in [-0.1, -0.05) is 39.3 Å². The normalized spacial score (nSPS) is 10.4. The Hall–Kier alpha value is -1.22. The van der Waals surface area contributed by atoms with E-state index in [0.717, 1.165) is 12.8 Å². The summed E-state index contributed by atoms with van der Waals surface area (Å²) in [6.07, 6.45) is 10.7. The van der Waals surface area contributed by atoms with E-state index in [9.17, 15) is 9.59 Å². The van der Waals surface area contributed by atoms with Gasteiger partial charge in [-0.2, -0.15) is 0 Å². The average Bonchev–Trinajstić information content (AvgIpc) is 2.39. The second kappa shape index (κ2) is 15.8. The quantitative estimate of drug-likeness (QED) is 0.677. The molecular weight excluding hydrogens is 228 g/mol. The minimum absolute atomic E-state index is 0.114. The number of rotatable bonds is 8. The van der Waals surface area contributed by atoms with Crippen molar-refractivity contribution in [2.45, 2.75) is 52.9 Å². The monoisotopic (exact) mass is 254 g/mol. The summed E-state index contributed by atoms with van der Waals surface area (Å²) < 4.78 is 0. The zero-order valence-electron chi connectivity index (χ0n) is 11.8. The lowest BCUT2D eigenvalue weighted by Crippen LogP contribution is -1.87. The number of carbonyl (C=O) groups is 2. The topological polar surface area (TPSA) is 54.4 Å². The van der Waals surface area contributed by atoms with Crippen molar-refractivity contribution >= 4 is 11.6 Å². The summed E-state index contributed by atoms with van der Waals surface area (Å²) in [6.45, 7) is 5.90. The molecule has 0 aliphatic rings. The van der Waals surface area contributed by atoms with Crippen LogP contribution in [0.15, 0.2) is 24.3 Å². The number of carbonyl (C=O) groups excluding carboxylic acids is 2. The van der Waals surface area contributed by atoms with Crippen LogP contribution in [0.1, 0.15) is 52.9 Å². The zero-order valence-corrected chi connectivity index (χ0v) is 11.8. The fourth-order valence-electron chi connectivity index (χ4n) is 0.906. The van der Waals surface area contributed by atoms with Crippen LogP contribution in [0.4, 0.5) is 0 Å². The number of hydrogen-bond donors (Lipinski definition) is 1. The van der Waals surface area contributed by atoms with Gasteiger partial charge in [0.15, 0.2) is 11.6 Å². The van der Waals surface area contributed by atoms with Crippen molar-refractivity contribution in [3.8, 4) is 0 Å². The highest BCUT2D eigenvalue weighted by Crippen LogP contribution is 1.90. The van der Waals surface area contributed by atoms with E-state index in [2.05, 4.69) is 6.92 Å². The Morgan fingerprint density at radius 1 is 0.889 bits per heavy atom. The molecular formula is C15H26O3. The van der Waals surface area contributed by atoms with E-state index in [4.69, 9.17) is 5.11 Å². The van der Waals surface area contributed by atoms with Gasteiger partial charge in [0, 0.05) is 19.4 Å². The third-order valence-corrected chi connectivity index (χ3v) is 2.06. The summed E-state index contributed by atoms with van der Waals surface area (Å²) in [7, 11) is 0. The summed E-state index contributed by atoms with van der Waals surface area (Å²) >= 11 is 0. The van der Waals surface area contributed by atoms with Crippen molar-refractivity contribution in [3.05, 3.63) is 24.3 Å². The second-order valence-corrected chi connectivity index (χ2v) is 3.75. The number of hydrogen-bond acceptors (Lipinski definition) is 3. The van der Waals surface area contributed by atoms with Crippen LogP contribution in [-0.4, -0.2) is 23.3 Å². The molecule has 0 radical (unpaired) electrons. The molecule has 104 valence electrons. The molecule has 0 fully saturated rings. The number of unbranched alkanes of at least 4 members (excludes halogenated alkanes) is 1. The number of ketones is 2. The Morgan fingerprint density at radius 3 is 1.67 bits per heavy atom. The van der Waals surface area contributed by atoms with Crippen molar-refractivity contribution in [1.82, 2.24) is 0 Å². The summed E-state index contributed by atoms with van der Waals surface area (Å²) in [5.41, 5.74) is 0. The van der Waals surface area contributed by atoms with Gasteiger partial charge in [-0.25, -0.2) is 0 Å². The van der Waals surface area contributed by atoms with Gasteiger partial charge in [0.25, 0.3) is 0 Å². The molecule has 0 heterocycles. The molecule has 0 unspecified atom stereocenters. The van der Waals surface area contributed by atoms with Crippen molar-refractivity contribution in [1.29, 1.82) is 0 Å². The maximum atomic E-state index is 10.6. The maximum Gasteiger partial charge on any atom is 0.155 e. The predicted octanol–water partition coefficient (Wildman–Crippen LogP) is 3.23. The van der Waals surface area contributed by atoms with Gasteiger partial charge >= 0.3 is 0 Å². The fourth-order valence-corrected chi connectivity index (χ4v) is 0.906. The fraction of sp³-hybridized carbons (Fsp3) is 0.600. The first kappa shape index (κ1) is 19.1. The van der Waals surface area contributed by atoms with Crippen molar-refractivity contribution < 1.29 is 14.7 Å². The highest BCUT2D eigenvalue weighted by molar-refractivity contribution is 5.89. The molecule has 0 saturated carbocycles. The molecule has 0 bridgehead atoms. The van der Waals surface area contributed by atoms with Crippen molar-refractivity contribution in [2.24, 2.45) is 0 Å². The molecule has 3 nitrogen and oxygen atoms in total. The minimum atomic E-state index is 0.114. The van der Waals surface area contributed by atoms with Gasteiger partial charge in [0.05, 0.1) is 0 Å². The Balaban J connectivity index is 0. The molecule has 0 saturated heterocycles. The SMILES string of the molecule is CCC(=O)/C=C/CCO.CCC/C=C/C(=O)CC. The zero-order chi connectivity index (χ0) is 14.2. The van der Waals surface area contributed by atoms with E-state index in [0.29, 0.717) is 19.3 Å². The van der Waals surface area contributed by atoms with E-state index in [-0.39, 0.29) is 18.2 Å². The molecule has 0 atom stereocenters. The van der Waals surface area contributed by atoms with Gasteiger partial charge in [0.1, 0.15) is 0 Å². The van der Waals surface area contributed by atoms with Crippen LogP contribution < -0.4 is 0 Å². The summed E-state index contributed by atoms with van der Waals surface area (Å²) in [5, 5.41) is 8.29. The van der Waals surface area contributed by atoms with Crippen molar-refractivity contribution in [2.75, 3.05) is 6.61 Å². The van der Waals surface area contributed by atoms with Gasteiger partial charge in [-0.3, -0.25) is 9.59 Å². The number of aliphatic hydroxyl groups is 1. The standard InChI is InChI=1S/C8H14O.C7H12O2/c1-3-5-6-7-8(9)4-2;1-2-7(9)5-3-4-6-8/h6-7H,3-5H2,1-2H3;3,5,8H,2,4,6H2,1H3/b7-6+;5-3+. The Labute approximate surface area is 111 Å². The first-order valence-electron chi connectivity index (χ1n) is 6.61. The molecule has 3 heteroatoms. The van der Waals surface area contributed by atoms with Crippen LogP contribution in [0, 0.1) is 0 Å². The lowest BCUT2D eigenvalue weighted by atomic mass is 10.2. The lowest BCUT2D eigenvalue weighted by Gasteiger charge is -1.83. The molecule has 0 aromatic rings. The molecule has 0 spiro atoms. The highest BCUT2D eigenvalue weighted by atomic mass is 16.2. The summed E-state index contributed by atoms with van der Waals surface area (Å²) in [6, 6.07) is 0. The van der Waals surface area contributed by atoms with E-state index in [1.54, 1.807) is 12.2 Å². The number of allylic oxidation sites excluding steroid dienone is 3. The van der Waals surface area contributed by atoms with Gasteiger partial charge < -0.3 is 5.11 Å². The summed E-state index contributed by atoms with van der Waals surface area (Å²) in [4.78, 5) is 21.1. The molecule has 0 amide bonds. The Kier molecular flexibility index (Phi) is 16.8.